The molecule has 0 aromatic carbocycles. The van der Waals surface area contributed by atoms with Gasteiger partial charge in [-0.2, -0.15) is 0 Å². The van der Waals surface area contributed by atoms with Crippen LogP contribution in [-0.2, 0) is 9.84 Å². The Bertz CT molecular complexity index is 375. The third-order valence-electron chi connectivity index (χ3n) is 2.40. The van der Waals surface area contributed by atoms with Crippen molar-refractivity contribution in [3.05, 3.63) is 11.1 Å². The van der Waals surface area contributed by atoms with E-state index >= 15 is 0 Å². The van der Waals surface area contributed by atoms with Gasteiger partial charge in [0.1, 0.15) is 0 Å². The zero-order chi connectivity index (χ0) is 9.47. The highest BCUT2D eigenvalue weighted by molar-refractivity contribution is 8.09. The predicted molar refractivity (Wildman–Crippen MR) is 50.9 cm³/mol. The highest BCUT2D eigenvalue weighted by Crippen LogP contribution is 2.21. The largest absolute Gasteiger partial charge is 0.347 e. The van der Waals surface area contributed by atoms with E-state index in [1.807, 2.05) is 4.90 Å². The number of rotatable bonds is 0. The van der Waals surface area contributed by atoms with Gasteiger partial charge in [-0.3, -0.25) is 0 Å². The summed E-state index contributed by atoms with van der Waals surface area (Å²) in [6, 6.07) is 0. The van der Waals surface area contributed by atoms with Crippen molar-refractivity contribution >= 4 is 15.0 Å². The van der Waals surface area contributed by atoms with Gasteiger partial charge in [0.15, 0.2) is 0 Å². The molecule has 4 nitrogen and oxygen atoms in total. The standard InChI is InChI=1S/C8H12N2O2S/c1-7-6-9-8(13(7,11)12)10-4-2-3-5-10/h6H,2-5H2,1H3. The lowest BCUT2D eigenvalue weighted by molar-refractivity contribution is 0.522. The zero-order valence-electron chi connectivity index (χ0n) is 7.52. The fourth-order valence-electron chi connectivity index (χ4n) is 1.59. The molecule has 0 aliphatic carbocycles. The van der Waals surface area contributed by atoms with E-state index < -0.39 is 9.84 Å². The molecule has 1 fully saturated rings. The smallest absolute Gasteiger partial charge is 0.237 e. The zero-order valence-corrected chi connectivity index (χ0v) is 8.34. The predicted octanol–water partition coefficient (Wildman–Crippen LogP) is 0.728. The summed E-state index contributed by atoms with van der Waals surface area (Å²) in [5.41, 5.74) is 0. The summed E-state index contributed by atoms with van der Waals surface area (Å²) >= 11 is 0. The van der Waals surface area contributed by atoms with Gasteiger partial charge in [-0.15, -0.1) is 0 Å². The van der Waals surface area contributed by atoms with Gasteiger partial charge in [-0.1, -0.05) is 0 Å². The molecule has 0 aromatic heterocycles. The molecule has 0 bridgehead atoms. The Morgan fingerprint density at radius 2 is 2.00 bits per heavy atom. The first-order valence-electron chi connectivity index (χ1n) is 4.37. The summed E-state index contributed by atoms with van der Waals surface area (Å²) in [5.74, 6) is 0. The Morgan fingerprint density at radius 3 is 2.46 bits per heavy atom. The third-order valence-corrected chi connectivity index (χ3v) is 4.20. The summed E-state index contributed by atoms with van der Waals surface area (Å²) in [5, 5.41) is 0.252. The van der Waals surface area contributed by atoms with Crippen LogP contribution in [-0.4, -0.2) is 31.6 Å². The van der Waals surface area contributed by atoms with Crippen LogP contribution in [0.4, 0.5) is 0 Å². The van der Waals surface area contributed by atoms with Crippen LogP contribution in [0.1, 0.15) is 19.8 Å². The van der Waals surface area contributed by atoms with Crippen molar-refractivity contribution in [3.8, 4) is 0 Å². The fraction of sp³-hybridized carbons (Fsp3) is 0.625. The molecule has 0 saturated carbocycles. The maximum atomic E-state index is 11.6. The molecule has 72 valence electrons. The number of hydrogen-bond acceptors (Lipinski definition) is 4. The first-order chi connectivity index (χ1) is 6.12. The molecule has 0 unspecified atom stereocenters. The van der Waals surface area contributed by atoms with Crippen LogP contribution in [0.2, 0.25) is 0 Å². The van der Waals surface area contributed by atoms with E-state index in [1.54, 1.807) is 6.92 Å². The molecule has 0 atom stereocenters. The van der Waals surface area contributed by atoms with Crippen LogP contribution in [0.25, 0.3) is 0 Å². The SMILES string of the molecule is CC1=CN=C(N2CCCC2)S1(=O)=O. The summed E-state index contributed by atoms with van der Waals surface area (Å²) < 4.78 is 23.3. The van der Waals surface area contributed by atoms with Crippen molar-refractivity contribution in [2.75, 3.05) is 13.1 Å². The van der Waals surface area contributed by atoms with Crippen LogP contribution in [0.5, 0.6) is 0 Å². The quantitative estimate of drug-likeness (QED) is 0.579. The number of amidine groups is 1. The van der Waals surface area contributed by atoms with E-state index in [9.17, 15) is 8.42 Å². The minimum atomic E-state index is -3.21. The summed E-state index contributed by atoms with van der Waals surface area (Å²) in [7, 11) is -3.21. The molecule has 0 spiro atoms. The molecule has 13 heavy (non-hydrogen) atoms. The van der Waals surface area contributed by atoms with Crippen LogP contribution in [0.15, 0.2) is 16.1 Å². The van der Waals surface area contributed by atoms with Gasteiger partial charge in [0, 0.05) is 19.3 Å². The fourth-order valence-corrected chi connectivity index (χ4v) is 2.78. The summed E-state index contributed by atoms with van der Waals surface area (Å²) in [4.78, 5) is 6.15. The second-order valence-corrected chi connectivity index (χ2v) is 5.36. The van der Waals surface area contributed by atoms with Crippen molar-refractivity contribution in [1.29, 1.82) is 0 Å². The highest BCUT2D eigenvalue weighted by atomic mass is 32.2. The molecule has 0 radical (unpaired) electrons. The molecule has 0 aromatic rings. The number of likely N-dealkylation sites (tertiary alicyclic amines) is 1. The first kappa shape index (κ1) is 8.74. The van der Waals surface area contributed by atoms with Gasteiger partial charge in [0.05, 0.1) is 4.91 Å². The Labute approximate surface area is 77.9 Å². The van der Waals surface area contributed by atoms with Gasteiger partial charge < -0.3 is 4.90 Å². The van der Waals surface area contributed by atoms with Gasteiger partial charge >= 0.3 is 0 Å². The number of sulfone groups is 1. The Kier molecular flexibility index (Phi) is 1.91. The Hall–Kier alpha value is -0.840. The van der Waals surface area contributed by atoms with E-state index in [1.165, 1.54) is 6.20 Å². The Morgan fingerprint density at radius 1 is 1.38 bits per heavy atom. The molecule has 2 rings (SSSR count). The van der Waals surface area contributed by atoms with Crippen molar-refractivity contribution in [3.63, 3.8) is 0 Å². The molecule has 2 aliphatic heterocycles. The van der Waals surface area contributed by atoms with E-state index in [-0.39, 0.29) is 5.17 Å². The van der Waals surface area contributed by atoms with E-state index in [2.05, 4.69) is 4.99 Å². The summed E-state index contributed by atoms with van der Waals surface area (Å²) in [6.45, 7) is 3.22. The van der Waals surface area contributed by atoms with E-state index in [0.29, 0.717) is 4.91 Å². The monoisotopic (exact) mass is 200 g/mol. The van der Waals surface area contributed by atoms with E-state index in [0.717, 1.165) is 25.9 Å². The van der Waals surface area contributed by atoms with Crippen LogP contribution in [0, 0.1) is 0 Å². The number of aliphatic imine (C=N–C) groups is 1. The number of nitrogens with zero attached hydrogens (tertiary/aromatic N) is 2. The molecular weight excluding hydrogens is 188 g/mol. The third kappa shape index (κ3) is 1.27. The van der Waals surface area contributed by atoms with Gasteiger partial charge in [-0.25, -0.2) is 13.4 Å². The minimum absolute atomic E-state index is 0.252. The van der Waals surface area contributed by atoms with Crippen LogP contribution in [0.3, 0.4) is 0 Å². The van der Waals surface area contributed by atoms with Crippen molar-refractivity contribution in [2.45, 2.75) is 19.8 Å². The summed E-state index contributed by atoms with van der Waals surface area (Å²) in [6.07, 6.45) is 3.56. The molecular formula is C8H12N2O2S. The second kappa shape index (κ2) is 2.83. The number of hydrogen-bond donors (Lipinski definition) is 0. The molecule has 0 N–H and O–H groups in total. The van der Waals surface area contributed by atoms with Gasteiger partial charge in [0.25, 0.3) is 0 Å². The lowest BCUT2D eigenvalue weighted by atomic mass is 10.4. The van der Waals surface area contributed by atoms with Crippen molar-refractivity contribution in [2.24, 2.45) is 4.99 Å². The Balaban J connectivity index is 2.29. The molecule has 1 saturated heterocycles. The number of allylic oxidation sites excluding steroid dienone is 1. The molecule has 2 aliphatic rings. The maximum Gasteiger partial charge on any atom is 0.237 e. The minimum Gasteiger partial charge on any atom is -0.347 e. The average Bonchev–Trinajstić information content (AvgIpc) is 2.62. The van der Waals surface area contributed by atoms with Crippen molar-refractivity contribution in [1.82, 2.24) is 4.90 Å². The topological polar surface area (TPSA) is 49.7 Å². The molecule has 5 heteroatoms. The second-order valence-electron chi connectivity index (χ2n) is 3.35. The van der Waals surface area contributed by atoms with Crippen LogP contribution < -0.4 is 0 Å². The normalized spacial score (nSPS) is 26.1. The van der Waals surface area contributed by atoms with Gasteiger partial charge in [-0.05, 0) is 19.8 Å². The van der Waals surface area contributed by atoms with Crippen LogP contribution >= 0.6 is 0 Å². The average molecular weight is 200 g/mol. The lowest BCUT2D eigenvalue weighted by Gasteiger charge is -2.16. The molecule has 2 heterocycles. The van der Waals surface area contributed by atoms with E-state index in [4.69, 9.17) is 0 Å². The van der Waals surface area contributed by atoms with Gasteiger partial charge in [0.2, 0.25) is 15.0 Å². The van der Waals surface area contributed by atoms with Crippen molar-refractivity contribution < 1.29 is 8.42 Å². The lowest BCUT2D eigenvalue weighted by Crippen LogP contribution is -2.32. The molecule has 0 amide bonds. The first-order valence-corrected chi connectivity index (χ1v) is 5.85. The maximum absolute atomic E-state index is 11.6. The highest BCUT2D eigenvalue weighted by Gasteiger charge is 2.32.